The summed E-state index contributed by atoms with van der Waals surface area (Å²) in [5, 5.41) is 6.22. The van der Waals surface area contributed by atoms with E-state index in [1.165, 1.54) is 0 Å². The van der Waals surface area contributed by atoms with Gasteiger partial charge in [0.25, 0.3) is 0 Å². The predicted molar refractivity (Wildman–Crippen MR) is 90.2 cm³/mol. The van der Waals surface area contributed by atoms with E-state index in [0.29, 0.717) is 6.42 Å². The number of allylic oxidation sites excluding steroid dienone is 3. The van der Waals surface area contributed by atoms with Gasteiger partial charge in [0.1, 0.15) is 0 Å². The van der Waals surface area contributed by atoms with E-state index in [1.54, 1.807) is 12.2 Å². The van der Waals surface area contributed by atoms with Crippen LogP contribution < -0.4 is 10.6 Å². The van der Waals surface area contributed by atoms with Gasteiger partial charge in [-0.3, -0.25) is 4.79 Å². The molecule has 1 amide bonds. The molecule has 3 heteroatoms. The molecule has 112 valence electrons. The Balaban J connectivity index is 2.81. The zero-order chi connectivity index (χ0) is 15.7. The minimum absolute atomic E-state index is 0.0493. The molecule has 0 aromatic heterocycles. The summed E-state index contributed by atoms with van der Waals surface area (Å²) in [6.07, 6.45) is 5.91. The third-order valence-corrected chi connectivity index (χ3v) is 2.93. The number of rotatable bonds is 8. The van der Waals surface area contributed by atoms with Crippen molar-refractivity contribution >= 4 is 11.6 Å². The molecule has 0 fully saturated rings. The molecule has 1 rings (SSSR count). The quantitative estimate of drug-likeness (QED) is 0.715. The summed E-state index contributed by atoms with van der Waals surface area (Å²) in [5.74, 6) is -0.0493. The van der Waals surface area contributed by atoms with Crippen LogP contribution in [0, 0.1) is 0 Å². The third kappa shape index (κ3) is 6.23. The lowest BCUT2D eigenvalue weighted by atomic mass is 10.0. The first-order valence-electron chi connectivity index (χ1n) is 7.12. The highest BCUT2D eigenvalue weighted by molar-refractivity contribution is 5.95. The summed E-state index contributed by atoms with van der Waals surface area (Å²) in [7, 11) is 0. The Morgan fingerprint density at radius 2 is 1.90 bits per heavy atom. The van der Waals surface area contributed by atoms with Crippen LogP contribution in [0.5, 0.6) is 0 Å². The van der Waals surface area contributed by atoms with E-state index < -0.39 is 0 Å². The normalized spacial score (nSPS) is 12.8. The molecule has 21 heavy (non-hydrogen) atoms. The molecule has 0 aliphatic carbocycles. The van der Waals surface area contributed by atoms with Gasteiger partial charge in [-0.25, -0.2) is 0 Å². The molecule has 0 saturated heterocycles. The van der Waals surface area contributed by atoms with Gasteiger partial charge in [0.2, 0.25) is 5.91 Å². The first kappa shape index (κ1) is 16.9. The molecule has 1 atom stereocenters. The Morgan fingerprint density at radius 3 is 2.43 bits per heavy atom. The van der Waals surface area contributed by atoms with Gasteiger partial charge in [-0.15, -0.1) is 0 Å². The van der Waals surface area contributed by atoms with Crippen molar-refractivity contribution in [2.24, 2.45) is 0 Å². The summed E-state index contributed by atoms with van der Waals surface area (Å²) in [4.78, 5) is 12.4. The van der Waals surface area contributed by atoms with Crippen molar-refractivity contribution in [3.63, 3.8) is 0 Å². The highest BCUT2D eigenvalue weighted by Crippen LogP contribution is 2.12. The maximum Gasteiger partial charge on any atom is 0.241 e. The van der Waals surface area contributed by atoms with E-state index in [9.17, 15) is 4.79 Å². The number of hydrogen-bond donors (Lipinski definition) is 2. The van der Waals surface area contributed by atoms with Crippen molar-refractivity contribution in [2.45, 2.75) is 32.4 Å². The molecule has 1 aromatic rings. The average molecular weight is 284 g/mol. The topological polar surface area (TPSA) is 41.1 Å². The van der Waals surface area contributed by atoms with Crippen LogP contribution in [0.15, 0.2) is 67.3 Å². The Labute approximate surface area is 127 Å². The molecule has 1 aromatic carbocycles. The number of anilines is 1. The van der Waals surface area contributed by atoms with Gasteiger partial charge in [0.05, 0.1) is 6.04 Å². The van der Waals surface area contributed by atoms with E-state index in [2.05, 4.69) is 23.8 Å². The number of carbonyl (C=O) groups excluding carboxylic acids is 1. The van der Waals surface area contributed by atoms with Gasteiger partial charge >= 0.3 is 0 Å². The van der Waals surface area contributed by atoms with Crippen LogP contribution in [0.1, 0.15) is 20.3 Å². The van der Waals surface area contributed by atoms with Crippen molar-refractivity contribution < 1.29 is 4.79 Å². The van der Waals surface area contributed by atoms with E-state index in [1.807, 2.05) is 50.3 Å². The zero-order valence-corrected chi connectivity index (χ0v) is 12.8. The Kier molecular flexibility index (Phi) is 7.19. The maximum absolute atomic E-state index is 12.4. The van der Waals surface area contributed by atoms with E-state index >= 15 is 0 Å². The van der Waals surface area contributed by atoms with Crippen LogP contribution in [-0.2, 0) is 4.79 Å². The molecule has 0 bridgehead atoms. The summed E-state index contributed by atoms with van der Waals surface area (Å²) < 4.78 is 0. The molecule has 0 heterocycles. The zero-order valence-electron chi connectivity index (χ0n) is 12.8. The highest BCUT2D eigenvalue weighted by Gasteiger charge is 2.19. The van der Waals surface area contributed by atoms with Gasteiger partial charge in [-0.2, -0.15) is 0 Å². The fourth-order valence-electron chi connectivity index (χ4n) is 1.99. The lowest BCUT2D eigenvalue weighted by Crippen LogP contribution is -2.44. The van der Waals surface area contributed by atoms with Crippen molar-refractivity contribution in [1.29, 1.82) is 0 Å². The van der Waals surface area contributed by atoms with Crippen LogP contribution in [0.2, 0.25) is 0 Å². The van der Waals surface area contributed by atoms with Gasteiger partial charge in [0, 0.05) is 11.7 Å². The molecule has 3 nitrogen and oxygen atoms in total. The lowest BCUT2D eigenvalue weighted by molar-refractivity contribution is -0.118. The van der Waals surface area contributed by atoms with Crippen LogP contribution >= 0.6 is 0 Å². The number of benzene rings is 1. The van der Waals surface area contributed by atoms with Crippen LogP contribution in [-0.4, -0.2) is 18.0 Å². The van der Waals surface area contributed by atoms with Gasteiger partial charge < -0.3 is 10.6 Å². The SMILES string of the molecule is C=C/C=C(\C=C)C[C@H](NC(C)C)C(=O)Nc1ccccc1. The monoisotopic (exact) mass is 284 g/mol. The molecule has 0 aliphatic heterocycles. The molecule has 0 radical (unpaired) electrons. The van der Waals surface area contributed by atoms with Crippen LogP contribution in [0.3, 0.4) is 0 Å². The largest absolute Gasteiger partial charge is 0.325 e. The first-order valence-corrected chi connectivity index (χ1v) is 7.12. The maximum atomic E-state index is 12.4. The number of para-hydroxylation sites is 1. The van der Waals surface area contributed by atoms with Gasteiger partial charge in [-0.1, -0.05) is 63.4 Å². The highest BCUT2D eigenvalue weighted by atomic mass is 16.2. The standard InChI is InChI=1S/C18H24N2O/c1-5-10-15(6-2)13-17(19-14(3)4)18(21)20-16-11-8-7-9-12-16/h5-12,14,17,19H,1-2,13H2,3-4H3,(H,20,21)/b15-10+/t17-/m0/s1. The second kappa shape index (κ2) is 8.93. The summed E-state index contributed by atoms with van der Waals surface area (Å²) in [6.45, 7) is 11.5. The molecule has 0 spiro atoms. The molecular weight excluding hydrogens is 260 g/mol. The smallest absolute Gasteiger partial charge is 0.241 e. The Morgan fingerprint density at radius 1 is 1.24 bits per heavy atom. The number of amides is 1. The molecule has 2 N–H and O–H groups in total. The van der Waals surface area contributed by atoms with Crippen molar-refractivity contribution in [3.05, 3.63) is 67.3 Å². The molecule has 0 saturated carbocycles. The van der Waals surface area contributed by atoms with Crippen molar-refractivity contribution in [2.75, 3.05) is 5.32 Å². The van der Waals surface area contributed by atoms with Gasteiger partial charge in [0.15, 0.2) is 0 Å². The second-order valence-corrected chi connectivity index (χ2v) is 5.11. The van der Waals surface area contributed by atoms with Crippen molar-refractivity contribution in [3.8, 4) is 0 Å². The van der Waals surface area contributed by atoms with E-state index in [4.69, 9.17) is 0 Å². The van der Waals surface area contributed by atoms with E-state index in [0.717, 1.165) is 11.3 Å². The lowest BCUT2D eigenvalue weighted by Gasteiger charge is -2.21. The molecule has 0 aliphatic rings. The van der Waals surface area contributed by atoms with Crippen LogP contribution in [0.4, 0.5) is 5.69 Å². The third-order valence-electron chi connectivity index (χ3n) is 2.93. The fourth-order valence-corrected chi connectivity index (χ4v) is 1.99. The van der Waals surface area contributed by atoms with E-state index in [-0.39, 0.29) is 18.0 Å². The number of carbonyl (C=O) groups is 1. The van der Waals surface area contributed by atoms with Crippen LogP contribution in [0.25, 0.3) is 0 Å². The summed E-state index contributed by atoms with van der Waals surface area (Å²) >= 11 is 0. The first-order chi connectivity index (χ1) is 10.1. The second-order valence-electron chi connectivity index (χ2n) is 5.11. The average Bonchev–Trinajstić information content (AvgIpc) is 2.46. The summed E-state index contributed by atoms with van der Waals surface area (Å²) in [5.41, 5.74) is 1.78. The fraction of sp³-hybridized carbons (Fsp3) is 0.278. The molecular formula is C18H24N2O. The predicted octanol–water partition coefficient (Wildman–Crippen LogP) is 3.68. The Hall–Kier alpha value is -2.13. The van der Waals surface area contributed by atoms with Crippen molar-refractivity contribution in [1.82, 2.24) is 5.32 Å². The molecule has 0 unspecified atom stereocenters. The van der Waals surface area contributed by atoms with Gasteiger partial charge in [-0.05, 0) is 24.1 Å². The Bertz CT molecular complexity index is 503. The number of nitrogens with one attached hydrogen (secondary N) is 2. The minimum Gasteiger partial charge on any atom is -0.325 e. The minimum atomic E-state index is -0.311. The summed E-state index contributed by atoms with van der Waals surface area (Å²) in [6, 6.07) is 9.36. The number of hydrogen-bond acceptors (Lipinski definition) is 2.